The summed E-state index contributed by atoms with van der Waals surface area (Å²) in [4.78, 5) is 16.5. The number of methoxy groups -OCH3 is 1. The first-order valence-electron chi connectivity index (χ1n) is 8.95. The van der Waals surface area contributed by atoms with E-state index in [0.29, 0.717) is 30.5 Å². The third kappa shape index (κ3) is 5.52. The predicted octanol–water partition coefficient (Wildman–Crippen LogP) is 3.58. The summed E-state index contributed by atoms with van der Waals surface area (Å²) in [5, 5.41) is 3.54. The molecule has 27 heavy (non-hydrogen) atoms. The van der Waals surface area contributed by atoms with E-state index in [2.05, 4.69) is 10.2 Å². The largest absolute Gasteiger partial charge is 0.497 e. The number of benzene rings is 2. The van der Waals surface area contributed by atoms with Crippen molar-refractivity contribution in [1.29, 1.82) is 0 Å². The summed E-state index contributed by atoms with van der Waals surface area (Å²) < 4.78 is 10.9. The maximum absolute atomic E-state index is 12.4. The minimum atomic E-state index is -0.0878. The lowest BCUT2D eigenvalue weighted by Gasteiger charge is -2.34. The Bertz CT molecular complexity index is 764. The first kappa shape index (κ1) is 19.3. The molecule has 7 heteroatoms. The topological polar surface area (TPSA) is 54.0 Å². The monoisotopic (exact) mass is 389 g/mol. The number of carbonyl (C=O) groups excluding carboxylic acids is 1. The number of urea groups is 1. The third-order valence-corrected chi connectivity index (χ3v) is 4.79. The molecule has 0 saturated carbocycles. The number of piperazine rings is 1. The number of anilines is 1. The van der Waals surface area contributed by atoms with Gasteiger partial charge in [0.1, 0.15) is 18.1 Å². The van der Waals surface area contributed by atoms with Crippen LogP contribution < -0.4 is 14.8 Å². The van der Waals surface area contributed by atoms with Gasteiger partial charge in [0.25, 0.3) is 0 Å². The number of carbonyl (C=O) groups is 1. The van der Waals surface area contributed by atoms with Crippen molar-refractivity contribution < 1.29 is 14.3 Å². The minimum Gasteiger partial charge on any atom is -0.497 e. The number of rotatable bonds is 6. The lowest BCUT2D eigenvalue weighted by molar-refractivity contribution is 0.132. The fourth-order valence-electron chi connectivity index (χ4n) is 2.92. The van der Waals surface area contributed by atoms with Gasteiger partial charge in [-0.3, -0.25) is 4.90 Å². The number of hydrogen-bond donors (Lipinski definition) is 1. The van der Waals surface area contributed by atoms with Gasteiger partial charge in [0.15, 0.2) is 0 Å². The number of hydrogen-bond acceptors (Lipinski definition) is 4. The minimum absolute atomic E-state index is 0.0878. The molecule has 1 fully saturated rings. The van der Waals surface area contributed by atoms with Crippen molar-refractivity contribution in [3.63, 3.8) is 0 Å². The number of para-hydroxylation sites is 1. The standard InChI is InChI=1S/C20H24ClN3O3/c1-26-17-6-4-5-16(15-17)22-20(25)24-11-9-23(10-12-24)13-14-27-19-8-3-2-7-18(19)21/h2-8,15H,9-14H2,1H3,(H,22,25). The molecular formula is C20H24ClN3O3. The Labute approximate surface area is 164 Å². The fraction of sp³-hybridized carbons (Fsp3) is 0.350. The van der Waals surface area contributed by atoms with E-state index < -0.39 is 0 Å². The highest BCUT2D eigenvalue weighted by Gasteiger charge is 2.21. The van der Waals surface area contributed by atoms with E-state index in [9.17, 15) is 4.79 Å². The Morgan fingerprint density at radius 2 is 1.89 bits per heavy atom. The van der Waals surface area contributed by atoms with Crippen molar-refractivity contribution in [2.75, 3.05) is 51.8 Å². The molecule has 2 amide bonds. The van der Waals surface area contributed by atoms with Crippen LogP contribution in [0.4, 0.5) is 10.5 Å². The van der Waals surface area contributed by atoms with E-state index in [1.165, 1.54) is 0 Å². The Balaban J connectivity index is 1.40. The second-order valence-electron chi connectivity index (χ2n) is 6.27. The lowest BCUT2D eigenvalue weighted by atomic mass is 10.3. The second-order valence-corrected chi connectivity index (χ2v) is 6.68. The molecule has 2 aromatic carbocycles. The summed E-state index contributed by atoms with van der Waals surface area (Å²) in [6, 6.07) is 14.7. The molecule has 6 nitrogen and oxygen atoms in total. The van der Waals surface area contributed by atoms with Gasteiger partial charge in [-0.2, -0.15) is 0 Å². The van der Waals surface area contributed by atoms with Crippen molar-refractivity contribution in [3.8, 4) is 11.5 Å². The van der Waals surface area contributed by atoms with E-state index in [1.54, 1.807) is 13.2 Å². The average molecular weight is 390 g/mol. The summed E-state index contributed by atoms with van der Waals surface area (Å²) in [6.07, 6.45) is 0. The molecule has 1 saturated heterocycles. The van der Waals surface area contributed by atoms with Crippen LogP contribution in [-0.2, 0) is 0 Å². The van der Waals surface area contributed by atoms with E-state index in [4.69, 9.17) is 21.1 Å². The smallest absolute Gasteiger partial charge is 0.321 e. The molecular weight excluding hydrogens is 366 g/mol. The maximum Gasteiger partial charge on any atom is 0.321 e. The predicted molar refractivity (Wildman–Crippen MR) is 107 cm³/mol. The number of ether oxygens (including phenoxy) is 2. The van der Waals surface area contributed by atoms with Crippen LogP contribution in [0.25, 0.3) is 0 Å². The molecule has 1 aliphatic heterocycles. The van der Waals surface area contributed by atoms with Gasteiger partial charge in [-0.25, -0.2) is 4.79 Å². The Hall–Kier alpha value is -2.44. The van der Waals surface area contributed by atoms with Crippen LogP contribution in [0.2, 0.25) is 5.02 Å². The van der Waals surface area contributed by atoms with Crippen molar-refractivity contribution in [2.45, 2.75) is 0 Å². The van der Waals surface area contributed by atoms with Gasteiger partial charge < -0.3 is 19.7 Å². The van der Waals surface area contributed by atoms with Crippen molar-refractivity contribution in [1.82, 2.24) is 9.80 Å². The fourth-order valence-corrected chi connectivity index (χ4v) is 3.11. The molecule has 1 aliphatic rings. The summed E-state index contributed by atoms with van der Waals surface area (Å²) in [6.45, 7) is 4.37. The van der Waals surface area contributed by atoms with Crippen molar-refractivity contribution in [3.05, 3.63) is 53.6 Å². The Morgan fingerprint density at radius 3 is 2.63 bits per heavy atom. The molecule has 2 aromatic rings. The molecule has 0 aromatic heterocycles. The zero-order valence-electron chi connectivity index (χ0n) is 15.4. The van der Waals surface area contributed by atoms with E-state index in [1.807, 2.05) is 47.4 Å². The molecule has 0 radical (unpaired) electrons. The Kier molecular flexibility index (Phi) is 6.79. The molecule has 1 N–H and O–H groups in total. The van der Waals surface area contributed by atoms with Crippen LogP contribution in [0.1, 0.15) is 0 Å². The van der Waals surface area contributed by atoms with E-state index in [0.717, 1.165) is 31.1 Å². The normalized spacial score (nSPS) is 14.7. The van der Waals surface area contributed by atoms with Crippen LogP contribution >= 0.6 is 11.6 Å². The molecule has 3 rings (SSSR count). The van der Waals surface area contributed by atoms with Crippen molar-refractivity contribution in [2.24, 2.45) is 0 Å². The summed E-state index contributed by atoms with van der Waals surface area (Å²) >= 11 is 6.09. The number of halogens is 1. The number of nitrogens with zero attached hydrogens (tertiary/aromatic N) is 2. The third-order valence-electron chi connectivity index (χ3n) is 4.48. The van der Waals surface area contributed by atoms with Gasteiger partial charge in [0, 0.05) is 44.5 Å². The summed E-state index contributed by atoms with van der Waals surface area (Å²) in [5.41, 5.74) is 0.731. The van der Waals surface area contributed by atoms with E-state index in [-0.39, 0.29) is 6.03 Å². The Morgan fingerprint density at radius 1 is 1.11 bits per heavy atom. The SMILES string of the molecule is COc1cccc(NC(=O)N2CCN(CCOc3ccccc3Cl)CC2)c1. The molecule has 144 valence electrons. The molecule has 0 bridgehead atoms. The van der Waals surface area contributed by atoms with Crippen LogP contribution in [0.3, 0.4) is 0 Å². The van der Waals surface area contributed by atoms with Gasteiger partial charge in [-0.05, 0) is 24.3 Å². The lowest BCUT2D eigenvalue weighted by Crippen LogP contribution is -2.50. The first-order chi connectivity index (χ1) is 13.2. The van der Waals surface area contributed by atoms with Gasteiger partial charge in [-0.15, -0.1) is 0 Å². The highest BCUT2D eigenvalue weighted by molar-refractivity contribution is 6.32. The summed E-state index contributed by atoms with van der Waals surface area (Å²) in [5.74, 6) is 1.42. The van der Waals surface area contributed by atoms with Crippen LogP contribution in [0, 0.1) is 0 Å². The summed E-state index contributed by atoms with van der Waals surface area (Å²) in [7, 11) is 1.61. The molecule has 0 spiro atoms. The van der Waals surface area contributed by atoms with Crippen molar-refractivity contribution >= 4 is 23.3 Å². The molecule has 0 aliphatic carbocycles. The molecule has 0 unspecified atom stereocenters. The van der Waals surface area contributed by atoms with Gasteiger partial charge in [0.2, 0.25) is 0 Å². The molecule has 0 atom stereocenters. The zero-order valence-corrected chi connectivity index (χ0v) is 16.1. The van der Waals surface area contributed by atoms with Gasteiger partial charge in [-0.1, -0.05) is 29.8 Å². The van der Waals surface area contributed by atoms with E-state index >= 15 is 0 Å². The highest BCUT2D eigenvalue weighted by Crippen LogP contribution is 2.23. The second kappa shape index (κ2) is 9.48. The van der Waals surface area contributed by atoms with Crippen LogP contribution in [0.15, 0.2) is 48.5 Å². The van der Waals surface area contributed by atoms with Gasteiger partial charge >= 0.3 is 6.03 Å². The van der Waals surface area contributed by atoms with Gasteiger partial charge in [0.05, 0.1) is 12.1 Å². The quantitative estimate of drug-likeness (QED) is 0.820. The number of nitrogens with one attached hydrogen (secondary N) is 1. The maximum atomic E-state index is 12.4. The zero-order chi connectivity index (χ0) is 19.1. The first-order valence-corrected chi connectivity index (χ1v) is 9.33. The average Bonchev–Trinajstić information content (AvgIpc) is 2.70. The highest BCUT2D eigenvalue weighted by atomic mass is 35.5. The van der Waals surface area contributed by atoms with Crippen LogP contribution in [-0.4, -0.2) is 62.3 Å². The number of amides is 2. The molecule has 1 heterocycles. The van der Waals surface area contributed by atoms with Crippen LogP contribution in [0.5, 0.6) is 11.5 Å².